The molecule has 2 rings (SSSR count). The molecular weight excluding hydrogens is 200 g/mol. The average Bonchev–Trinajstić information content (AvgIpc) is 2.29. The Bertz CT molecular complexity index is 364. The first-order chi connectivity index (χ1) is 7.70. The van der Waals surface area contributed by atoms with Crippen molar-refractivity contribution in [1.82, 2.24) is 20.2 Å². The minimum atomic E-state index is 0.357. The minimum absolute atomic E-state index is 0.357. The van der Waals surface area contributed by atoms with E-state index in [-0.39, 0.29) is 0 Å². The highest BCUT2D eigenvalue weighted by Gasteiger charge is 2.21. The summed E-state index contributed by atoms with van der Waals surface area (Å²) in [5, 5.41) is 3.54. The van der Waals surface area contributed by atoms with E-state index in [1.54, 1.807) is 0 Å². The Hall–Kier alpha value is -1.00. The van der Waals surface area contributed by atoms with Gasteiger partial charge < -0.3 is 10.2 Å². The number of rotatable bonds is 2. The van der Waals surface area contributed by atoms with Crippen molar-refractivity contribution >= 4 is 0 Å². The number of nitrogens with zero attached hydrogens (tertiary/aromatic N) is 3. The number of likely N-dealkylation sites (N-methyl/N-ethyl adjacent to an activating group) is 1. The fourth-order valence-electron chi connectivity index (χ4n) is 2.17. The topological polar surface area (TPSA) is 41.1 Å². The fourth-order valence-corrected chi connectivity index (χ4v) is 2.17. The van der Waals surface area contributed by atoms with Gasteiger partial charge in [-0.2, -0.15) is 0 Å². The molecule has 0 bridgehead atoms. The zero-order valence-corrected chi connectivity index (χ0v) is 10.3. The van der Waals surface area contributed by atoms with Crippen LogP contribution >= 0.6 is 0 Å². The molecule has 1 aromatic rings. The summed E-state index contributed by atoms with van der Waals surface area (Å²) in [6.07, 6.45) is 2.96. The molecule has 88 valence electrons. The molecule has 16 heavy (non-hydrogen) atoms. The minimum Gasteiger partial charge on any atom is -0.306 e. The third-order valence-corrected chi connectivity index (χ3v) is 3.11. The Labute approximate surface area is 97.1 Å². The van der Waals surface area contributed by atoms with Crippen LogP contribution in [0.25, 0.3) is 0 Å². The van der Waals surface area contributed by atoms with Gasteiger partial charge in [-0.1, -0.05) is 6.92 Å². The van der Waals surface area contributed by atoms with Crippen molar-refractivity contribution in [2.75, 3.05) is 26.7 Å². The maximum absolute atomic E-state index is 4.60. The van der Waals surface area contributed by atoms with Gasteiger partial charge in [-0.25, -0.2) is 9.97 Å². The average molecular weight is 220 g/mol. The van der Waals surface area contributed by atoms with Gasteiger partial charge in [0.25, 0.3) is 0 Å². The highest BCUT2D eigenvalue weighted by Crippen LogP contribution is 2.18. The molecule has 1 N–H and O–H groups in total. The quantitative estimate of drug-likeness (QED) is 0.805. The predicted octanol–water partition coefficient (Wildman–Crippen LogP) is 0.924. The van der Waals surface area contributed by atoms with E-state index in [0.717, 1.165) is 31.9 Å². The Morgan fingerprint density at radius 3 is 3.06 bits per heavy atom. The summed E-state index contributed by atoms with van der Waals surface area (Å²) in [4.78, 5) is 11.2. The molecule has 1 aromatic heterocycles. The number of piperazine rings is 1. The molecule has 0 radical (unpaired) electrons. The van der Waals surface area contributed by atoms with E-state index in [2.05, 4.69) is 34.2 Å². The van der Waals surface area contributed by atoms with Gasteiger partial charge in [-0.15, -0.1) is 0 Å². The summed E-state index contributed by atoms with van der Waals surface area (Å²) in [7, 11) is 2.16. The van der Waals surface area contributed by atoms with E-state index < -0.39 is 0 Å². The smallest absolute Gasteiger partial charge is 0.125 e. The normalized spacial score (nSPS) is 22.3. The lowest BCUT2D eigenvalue weighted by Crippen LogP contribution is -2.44. The molecule has 0 saturated carbocycles. The van der Waals surface area contributed by atoms with Crippen LogP contribution < -0.4 is 5.32 Å². The van der Waals surface area contributed by atoms with Crippen LogP contribution in [0, 0.1) is 6.92 Å². The van der Waals surface area contributed by atoms with Gasteiger partial charge in [0, 0.05) is 25.8 Å². The zero-order chi connectivity index (χ0) is 11.5. The van der Waals surface area contributed by atoms with Gasteiger partial charge in [0.15, 0.2) is 0 Å². The first kappa shape index (κ1) is 11.5. The van der Waals surface area contributed by atoms with Crippen LogP contribution in [-0.2, 0) is 6.42 Å². The lowest BCUT2D eigenvalue weighted by Gasteiger charge is -2.31. The Kier molecular flexibility index (Phi) is 3.51. The largest absolute Gasteiger partial charge is 0.306 e. The van der Waals surface area contributed by atoms with Crippen LogP contribution in [0.4, 0.5) is 0 Å². The molecule has 1 fully saturated rings. The van der Waals surface area contributed by atoms with Crippen LogP contribution in [0.15, 0.2) is 6.20 Å². The summed E-state index contributed by atoms with van der Waals surface area (Å²) in [6, 6.07) is 0.357. The van der Waals surface area contributed by atoms with Crippen LogP contribution in [0.5, 0.6) is 0 Å². The number of hydrogen-bond acceptors (Lipinski definition) is 4. The summed E-state index contributed by atoms with van der Waals surface area (Å²) >= 11 is 0. The fraction of sp³-hybridized carbons (Fsp3) is 0.667. The van der Waals surface area contributed by atoms with Crippen LogP contribution in [0.3, 0.4) is 0 Å². The van der Waals surface area contributed by atoms with E-state index in [1.165, 1.54) is 11.3 Å². The van der Waals surface area contributed by atoms with E-state index in [1.807, 2.05) is 13.1 Å². The molecule has 0 amide bonds. The molecule has 4 heteroatoms. The van der Waals surface area contributed by atoms with Crippen molar-refractivity contribution < 1.29 is 0 Å². The summed E-state index contributed by atoms with van der Waals surface area (Å²) in [6.45, 7) is 7.29. The van der Waals surface area contributed by atoms with Gasteiger partial charge in [0.05, 0.1) is 11.7 Å². The molecule has 1 aliphatic heterocycles. The second kappa shape index (κ2) is 4.89. The first-order valence-corrected chi connectivity index (χ1v) is 5.95. The molecule has 0 aliphatic carbocycles. The lowest BCUT2D eigenvalue weighted by molar-refractivity contribution is 0.237. The first-order valence-electron chi connectivity index (χ1n) is 5.95. The number of hydrogen-bond donors (Lipinski definition) is 1. The molecule has 1 unspecified atom stereocenters. The SMILES string of the molecule is CCc1cnc(C)nc1C1CN(C)CCN1. The van der Waals surface area contributed by atoms with Gasteiger partial charge in [0.2, 0.25) is 0 Å². The number of aryl methyl sites for hydroxylation is 2. The lowest BCUT2D eigenvalue weighted by atomic mass is 10.0. The van der Waals surface area contributed by atoms with Gasteiger partial charge in [-0.05, 0) is 26.0 Å². The summed E-state index contributed by atoms with van der Waals surface area (Å²) in [5.74, 6) is 0.863. The molecule has 2 heterocycles. The maximum atomic E-state index is 4.60. The molecule has 0 aromatic carbocycles. The Morgan fingerprint density at radius 2 is 2.38 bits per heavy atom. The van der Waals surface area contributed by atoms with Crippen LogP contribution in [0.1, 0.15) is 30.0 Å². The van der Waals surface area contributed by atoms with Crippen LogP contribution in [0.2, 0.25) is 0 Å². The third kappa shape index (κ3) is 2.39. The highest BCUT2D eigenvalue weighted by atomic mass is 15.2. The van der Waals surface area contributed by atoms with Crippen molar-refractivity contribution in [3.63, 3.8) is 0 Å². The molecule has 0 spiro atoms. The second-order valence-electron chi connectivity index (χ2n) is 4.45. The van der Waals surface area contributed by atoms with Gasteiger partial charge >= 0.3 is 0 Å². The van der Waals surface area contributed by atoms with E-state index in [0.29, 0.717) is 6.04 Å². The van der Waals surface area contributed by atoms with Crippen molar-refractivity contribution in [1.29, 1.82) is 0 Å². The van der Waals surface area contributed by atoms with Crippen molar-refractivity contribution in [2.45, 2.75) is 26.3 Å². The van der Waals surface area contributed by atoms with Crippen LogP contribution in [-0.4, -0.2) is 41.5 Å². The molecule has 1 atom stereocenters. The van der Waals surface area contributed by atoms with Crippen molar-refractivity contribution in [3.05, 3.63) is 23.3 Å². The Balaban J connectivity index is 2.26. The van der Waals surface area contributed by atoms with E-state index >= 15 is 0 Å². The van der Waals surface area contributed by atoms with E-state index in [9.17, 15) is 0 Å². The standard InChI is InChI=1S/C12H20N4/c1-4-10-7-14-9(2)15-12(10)11-8-16(3)6-5-13-11/h7,11,13H,4-6,8H2,1-3H3. The molecular formula is C12H20N4. The van der Waals surface area contributed by atoms with E-state index in [4.69, 9.17) is 0 Å². The van der Waals surface area contributed by atoms with Crippen molar-refractivity contribution in [3.8, 4) is 0 Å². The second-order valence-corrected chi connectivity index (χ2v) is 4.45. The number of aromatic nitrogens is 2. The third-order valence-electron chi connectivity index (χ3n) is 3.11. The van der Waals surface area contributed by atoms with Crippen molar-refractivity contribution in [2.24, 2.45) is 0 Å². The summed E-state index contributed by atoms with van der Waals surface area (Å²) in [5.41, 5.74) is 2.44. The number of nitrogens with one attached hydrogen (secondary N) is 1. The van der Waals surface area contributed by atoms with Gasteiger partial charge in [0.1, 0.15) is 5.82 Å². The predicted molar refractivity (Wildman–Crippen MR) is 64.4 cm³/mol. The maximum Gasteiger partial charge on any atom is 0.125 e. The zero-order valence-electron chi connectivity index (χ0n) is 10.3. The molecule has 1 aliphatic rings. The Morgan fingerprint density at radius 1 is 1.56 bits per heavy atom. The monoisotopic (exact) mass is 220 g/mol. The summed E-state index contributed by atoms with van der Waals surface area (Å²) < 4.78 is 0. The molecule has 1 saturated heterocycles. The highest BCUT2D eigenvalue weighted by molar-refractivity contribution is 5.22. The molecule has 4 nitrogen and oxygen atoms in total. The van der Waals surface area contributed by atoms with Gasteiger partial charge in [-0.3, -0.25) is 0 Å².